The maximum atomic E-state index is 13.4. The Labute approximate surface area is 167 Å². The molecule has 150 valence electrons. The first kappa shape index (κ1) is 17.2. The highest BCUT2D eigenvalue weighted by molar-refractivity contribution is 5.95. The zero-order valence-electron chi connectivity index (χ0n) is 16.0. The topological polar surface area (TPSA) is 87.8 Å². The van der Waals surface area contributed by atoms with Crippen molar-refractivity contribution in [1.29, 1.82) is 0 Å². The Kier molecular flexibility index (Phi) is 3.64. The smallest absolute Gasteiger partial charge is 0.275 e. The highest BCUT2D eigenvalue weighted by atomic mass is 16.5. The number of nitrogens with zero attached hydrogens (tertiary/aromatic N) is 3. The first-order valence-corrected chi connectivity index (χ1v) is 10.2. The molecular weight excluding hydrogens is 372 g/mol. The number of likely N-dealkylation sites (tertiary alicyclic amines) is 1. The van der Waals surface area contributed by atoms with E-state index in [0.29, 0.717) is 44.8 Å². The quantitative estimate of drug-likeness (QED) is 0.832. The summed E-state index contributed by atoms with van der Waals surface area (Å²) in [5, 5.41) is 7.27. The number of fused-ring (bicyclic) bond motifs is 1. The van der Waals surface area contributed by atoms with Crippen molar-refractivity contribution < 1.29 is 19.1 Å². The van der Waals surface area contributed by atoms with Crippen LogP contribution in [0.1, 0.15) is 46.3 Å². The molecule has 8 nitrogen and oxygen atoms in total. The number of amides is 2. The minimum absolute atomic E-state index is 0.0540. The van der Waals surface area contributed by atoms with Crippen LogP contribution >= 0.6 is 0 Å². The van der Waals surface area contributed by atoms with Gasteiger partial charge in [-0.25, -0.2) is 0 Å². The molecule has 1 N–H and O–H groups in total. The molecule has 3 atom stereocenters. The zero-order valence-corrected chi connectivity index (χ0v) is 16.0. The van der Waals surface area contributed by atoms with Crippen LogP contribution in [0.5, 0.6) is 0 Å². The number of hydrogen-bond acceptors (Lipinski definition) is 5. The molecule has 29 heavy (non-hydrogen) atoms. The van der Waals surface area contributed by atoms with E-state index < -0.39 is 5.72 Å². The summed E-state index contributed by atoms with van der Waals surface area (Å²) in [6.45, 7) is 2.12. The number of benzene rings is 1. The van der Waals surface area contributed by atoms with E-state index in [1.807, 2.05) is 35.2 Å². The van der Waals surface area contributed by atoms with Gasteiger partial charge in [0, 0.05) is 30.6 Å². The number of H-pyrrole nitrogens is 1. The Morgan fingerprint density at radius 2 is 2.14 bits per heavy atom. The number of carbonyl (C=O) groups excluding carboxylic acids is 2. The average Bonchev–Trinajstić information content (AvgIpc) is 3.48. The minimum atomic E-state index is -0.722. The number of aromatic nitrogens is 2. The Bertz CT molecular complexity index is 990. The molecule has 2 aromatic rings. The van der Waals surface area contributed by atoms with Crippen molar-refractivity contribution in [2.24, 2.45) is 0 Å². The van der Waals surface area contributed by atoms with Crippen molar-refractivity contribution in [2.45, 2.75) is 43.7 Å². The summed E-state index contributed by atoms with van der Waals surface area (Å²) in [6.07, 6.45) is 1.50. The lowest BCUT2D eigenvalue weighted by Crippen LogP contribution is -2.49. The normalized spacial score (nSPS) is 30.4. The first-order valence-electron chi connectivity index (χ1n) is 10.2. The van der Waals surface area contributed by atoms with E-state index in [2.05, 4.69) is 10.2 Å². The van der Waals surface area contributed by atoms with Crippen molar-refractivity contribution in [2.75, 3.05) is 19.7 Å². The third-order valence-corrected chi connectivity index (χ3v) is 6.76. The Hall–Kier alpha value is -2.71. The molecule has 8 heteroatoms. The fraction of sp³-hybridized carbons (Fsp3) is 0.476. The van der Waals surface area contributed by atoms with E-state index in [1.54, 1.807) is 4.90 Å². The third-order valence-electron chi connectivity index (χ3n) is 6.76. The zero-order chi connectivity index (χ0) is 19.6. The van der Waals surface area contributed by atoms with Gasteiger partial charge in [-0.05, 0) is 5.56 Å². The average molecular weight is 394 g/mol. The molecule has 3 fully saturated rings. The molecule has 1 spiro atoms. The molecule has 6 rings (SSSR count). The number of carbonyl (C=O) groups is 2. The highest BCUT2D eigenvalue weighted by Gasteiger charge is 2.65. The summed E-state index contributed by atoms with van der Waals surface area (Å²) >= 11 is 0. The lowest BCUT2D eigenvalue weighted by Gasteiger charge is -2.31. The van der Waals surface area contributed by atoms with E-state index in [-0.39, 0.29) is 24.0 Å². The third kappa shape index (κ3) is 2.36. The van der Waals surface area contributed by atoms with E-state index in [4.69, 9.17) is 9.47 Å². The van der Waals surface area contributed by atoms with Gasteiger partial charge in [-0.1, -0.05) is 30.3 Å². The molecule has 1 aromatic carbocycles. The molecule has 1 aromatic heterocycles. The van der Waals surface area contributed by atoms with E-state index in [9.17, 15) is 9.59 Å². The number of ether oxygens (including phenoxy) is 2. The standard InChI is InChI=1S/C21H22N4O4/c26-18-10-17-21(25(18)11-16(29-21)13-4-2-1-3-5-13)7-8-24(17)20(27)19-14-12-28-9-6-15(14)22-23-19/h1-5,16-17H,6-12H2,(H,22,23)/t16-,17+,21-/m0/s1. The van der Waals surface area contributed by atoms with Crippen LogP contribution in [0.2, 0.25) is 0 Å². The van der Waals surface area contributed by atoms with Gasteiger partial charge in [-0.15, -0.1) is 0 Å². The second-order valence-electron chi connectivity index (χ2n) is 8.17. The van der Waals surface area contributed by atoms with Crippen LogP contribution in [0.25, 0.3) is 0 Å². The molecule has 0 aliphatic carbocycles. The number of rotatable bonds is 2. The lowest BCUT2D eigenvalue weighted by molar-refractivity contribution is -0.138. The molecule has 0 unspecified atom stereocenters. The van der Waals surface area contributed by atoms with Gasteiger partial charge in [-0.3, -0.25) is 14.7 Å². The van der Waals surface area contributed by atoms with Crippen LogP contribution in [-0.2, 0) is 27.3 Å². The van der Waals surface area contributed by atoms with Gasteiger partial charge in [0.05, 0.1) is 32.2 Å². The summed E-state index contributed by atoms with van der Waals surface area (Å²) in [7, 11) is 0. The lowest BCUT2D eigenvalue weighted by atomic mass is 10.1. The van der Waals surface area contributed by atoms with Crippen molar-refractivity contribution in [1.82, 2.24) is 20.0 Å². The maximum Gasteiger partial charge on any atom is 0.275 e. The highest BCUT2D eigenvalue weighted by Crippen LogP contribution is 2.50. The summed E-state index contributed by atoms with van der Waals surface area (Å²) in [5.74, 6) is -0.0883. The van der Waals surface area contributed by atoms with Gasteiger partial charge < -0.3 is 19.3 Å². The van der Waals surface area contributed by atoms with Crippen LogP contribution in [0.4, 0.5) is 0 Å². The fourth-order valence-electron chi connectivity index (χ4n) is 5.33. The van der Waals surface area contributed by atoms with Crippen LogP contribution in [0.3, 0.4) is 0 Å². The van der Waals surface area contributed by atoms with Crippen LogP contribution in [-0.4, -0.2) is 63.3 Å². The molecule has 4 aliphatic rings. The Morgan fingerprint density at radius 1 is 1.28 bits per heavy atom. The summed E-state index contributed by atoms with van der Waals surface area (Å²) in [4.78, 5) is 29.8. The van der Waals surface area contributed by atoms with Gasteiger partial charge in [0.1, 0.15) is 6.10 Å². The van der Waals surface area contributed by atoms with E-state index in [0.717, 1.165) is 23.2 Å². The number of aromatic amines is 1. The minimum Gasteiger partial charge on any atom is -0.376 e. The molecular formula is C21H22N4O4. The van der Waals surface area contributed by atoms with Crippen LogP contribution in [0.15, 0.2) is 30.3 Å². The predicted octanol–water partition coefficient (Wildman–Crippen LogP) is 1.40. The summed E-state index contributed by atoms with van der Waals surface area (Å²) < 4.78 is 12.0. The Balaban J connectivity index is 1.30. The molecule has 0 bridgehead atoms. The summed E-state index contributed by atoms with van der Waals surface area (Å²) in [6, 6.07) is 9.69. The monoisotopic (exact) mass is 394 g/mol. The largest absolute Gasteiger partial charge is 0.376 e. The van der Waals surface area contributed by atoms with Crippen LogP contribution in [0, 0.1) is 0 Å². The van der Waals surface area contributed by atoms with Gasteiger partial charge >= 0.3 is 0 Å². The van der Waals surface area contributed by atoms with Gasteiger partial charge in [0.2, 0.25) is 5.91 Å². The number of nitrogens with one attached hydrogen (secondary N) is 1. The molecule has 2 amide bonds. The predicted molar refractivity (Wildman–Crippen MR) is 101 cm³/mol. The van der Waals surface area contributed by atoms with Gasteiger partial charge in [-0.2, -0.15) is 5.10 Å². The second kappa shape index (κ2) is 6.14. The molecule has 3 saturated heterocycles. The Morgan fingerprint density at radius 3 is 3.00 bits per heavy atom. The van der Waals surface area contributed by atoms with Crippen molar-refractivity contribution in [3.05, 3.63) is 52.8 Å². The van der Waals surface area contributed by atoms with E-state index >= 15 is 0 Å². The molecule has 0 radical (unpaired) electrons. The second-order valence-corrected chi connectivity index (χ2v) is 8.17. The van der Waals surface area contributed by atoms with Gasteiger partial charge in [0.15, 0.2) is 11.4 Å². The van der Waals surface area contributed by atoms with Crippen molar-refractivity contribution in [3.63, 3.8) is 0 Å². The molecule has 5 heterocycles. The SMILES string of the molecule is O=C(c1n[nH]c2c1COCC2)N1CC[C@@]23O[C@H](c4ccccc4)CN2C(=O)C[C@@H]13. The van der Waals surface area contributed by atoms with Crippen LogP contribution < -0.4 is 0 Å². The molecule has 4 aliphatic heterocycles. The molecule has 0 saturated carbocycles. The van der Waals surface area contributed by atoms with Crippen molar-refractivity contribution in [3.8, 4) is 0 Å². The van der Waals surface area contributed by atoms with E-state index in [1.165, 1.54) is 0 Å². The fourth-order valence-corrected chi connectivity index (χ4v) is 5.33. The number of hydrogen-bond donors (Lipinski definition) is 1. The maximum absolute atomic E-state index is 13.4. The first-order chi connectivity index (χ1) is 14.2. The summed E-state index contributed by atoms with van der Waals surface area (Å²) in [5.41, 5.74) is 2.57. The van der Waals surface area contributed by atoms with Gasteiger partial charge in [0.25, 0.3) is 5.91 Å². The van der Waals surface area contributed by atoms with Crippen molar-refractivity contribution >= 4 is 11.8 Å².